The Labute approximate surface area is 275 Å². The first kappa shape index (κ1) is 30.7. The van der Waals surface area contributed by atoms with Gasteiger partial charge in [0, 0.05) is 0 Å². The van der Waals surface area contributed by atoms with Crippen LogP contribution in [0.4, 0.5) is 0 Å². The van der Waals surface area contributed by atoms with Crippen LogP contribution in [0.25, 0.3) is 0 Å². The Hall–Kier alpha value is -3.97. The number of hydrogen-bond acceptors (Lipinski definition) is 4. The standard InChI is InChI=1S/C38H36O4Si4/c1-43(2)39-44(33-21-9-3-10-22-33,34-23-11-4-12-24-34)41-46(37-29-17-7-18-30-37,38-31-19-8-20-32-38)42-45(40-43,35-25-13-5-14-26-35)36-27-15-6-16-28-36/h3-32H,1-2H3. The van der Waals surface area contributed by atoms with E-state index in [-0.39, 0.29) is 0 Å². The van der Waals surface area contributed by atoms with Crippen molar-refractivity contribution in [1.82, 2.24) is 0 Å². The lowest BCUT2D eigenvalue weighted by molar-refractivity contribution is 0.260. The van der Waals surface area contributed by atoms with Crippen molar-refractivity contribution in [3.8, 4) is 0 Å². The van der Waals surface area contributed by atoms with Gasteiger partial charge >= 0.3 is 34.2 Å². The second kappa shape index (κ2) is 12.7. The van der Waals surface area contributed by atoms with E-state index in [2.05, 4.69) is 159 Å². The smallest absolute Gasteiger partial charge is 0.390 e. The average molecular weight is 669 g/mol. The molecule has 0 N–H and O–H groups in total. The summed E-state index contributed by atoms with van der Waals surface area (Å²) < 4.78 is 31.5. The molecular formula is C38H36O4Si4. The topological polar surface area (TPSA) is 36.9 Å². The fourth-order valence-corrected chi connectivity index (χ4v) is 27.7. The van der Waals surface area contributed by atoms with Gasteiger partial charge in [-0.15, -0.1) is 0 Å². The van der Waals surface area contributed by atoms with Crippen LogP contribution in [0, 0.1) is 0 Å². The molecule has 0 saturated carbocycles. The van der Waals surface area contributed by atoms with Gasteiger partial charge in [-0.05, 0) is 44.2 Å². The summed E-state index contributed by atoms with van der Waals surface area (Å²) >= 11 is 0. The third-order valence-electron chi connectivity index (χ3n) is 8.28. The summed E-state index contributed by atoms with van der Waals surface area (Å²) in [5.41, 5.74) is 0. The highest BCUT2D eigenvalue weighted by molar-refractivity contribution is 7.13. The van der Waals surface area contributed by atoms with Gasteiger partial charge in [0.05, 0.1) is 0 Å². The van der Waals surface area contributed by atoms with Crippen molar-refractivity contribution in [3.63, 3.8) is 0 Å². The molecule has 0 aromatic heterocycles. The molecule has 228 valence electrons. The van der Waals surface area contributed by atoms with Gasteiger partial charge in [0.25, 0.3) is 0 Å². The van der Waals surface area contributed by atoms with Crippen LogP contribution in [0.1, 0.15) is 0 Å². The molecule has 1 heterocycles. The zero-order valence-corrected chi connectivity index (χ0v) is 30.0. The molecule has 8 heteroatoms. The van der Waals surface area contributed by atoms with Crippen molar-refractivity contribution in [2.24, 2.45) is 0 Å². The molecule has 46 heavy (non-hydrogen) atoms. The minimum Gasteiger partial charge on any atom is -0.409 e. The molecule has 4 nitrogen and oxygen atoms in total. The third kappa shape index (κ3) is 5.63. The first-order valence-corrected chi connectivity index (χ1v) is 23.9. The molecular weight excluding hydrogens is 633 g/mol. The summed E-state index contributed by atoms with van der Waals surface area (Å²) in [5.74, 6) is 0. The maximum atomic E-state index is 8.07. The van der Waals surface area contributed by atoms with Crippen LogP contribution in [-0.2, 0) is 16.5 Å². The van der Waals surface area contributed by atoms with Gasteiger partial charge in [0.1, 0.15) is 0 Å². The maximum absolute atomic E-state index is 8.07. The minimum atomic E-state index is -3.69. The second-order valence-corrected chi connectivity index (χ2v) is 25.1. The van der Waals surface area contributed by atoms with E-state index >= 15 is 0 Å². The van der Waals surface area contributed by atoms with Crippen LogP contribution >= 0.6 is 0 Å². The summed E-state index contributed by atoms with van der Waals surface area (Å²) in [6.45, 7) is 4.28. The van der Waals surface area contributed by atoms with E-state index in [4.69, 9.17) is 16.5 Å². The molecule has 6 aromatic carbocycles. The summed E-state index contributed by atoms with van der Waals surface area (Å²) in [4.78, 5) is 0. The Morgan fingerprint density at radius 2 is 0.435 bits per heavy atom. The predicted molar refractivity (Wildman–Crippen MR) is 196 cm³/mol. The molecule has 0 bridgehead atoms. The van der Waals surface area contributed by atoms with Crippen molar-refractivity contribution in [3.05, 3.63) is 182 Å². The van der Waals surface area contributed by atoms with Crippen molar-refractivity contribution in [2.75, 3.05) is 0 Å². The summed E-state index contributed by atoms with van der Waals surface area (Å²) in [5, 5.41) is 6.08. The lowest BCUT2D eigenvalue weighted by atomic mass is 10.4. The van der Waals surface area contributed by atoms with E-state index in [0.29, 0.717) is 0 Å². The van der Waals surface area contributed by atoms with E-state index in [1.807, 2.05) is 36.4 Å². The van der Waals surface area contributed by atoms with E-state index < -0.39 is 34.2 Å². The number of hydrogen-bond donors (Lipinski definition) is 0. The summed E-state index contributed by atoms with van der Waals surface area (Å²) in [6.07, 6.45) is 0. The monoisotopic (exact) mass is 668 g/mol. The van der Waals surface area contributed by atoms with Crippen molar-refractivity contribution in [2.45, 2.75) is 13.1 Å². The number of rotatable bonds is 6. The Bertz CT molecular complexity index is 1640. The van der Waals surface area contributed by atoms with Crippen LogP contribution in [-0.4, -0.2) is 34.2 Å². The molecule has 0 unspecified atom stereocenters. The van der Waals surface area contributed by atoms with Crippen LogP contribution in [0.5, 0.6) is 0 Å². The first-order chi connectivity index (χ1) is 22.5. The molecule has 1 aliphatic heterocycles. The van der Waals surface area contributed by atoms with E-state index in [9.17, 15) is 0 Å². The van der Waals surface area contributed by atoms with Crippen molar-refractivity contribution in [1.29, 1.82) is 0 Å². The third-order valence-corrected chi connectivity index (χ3v) is 25.7. The fourth-order valence-electron chi connectivity index (χ4n) is 6.33. The zero-order chi connectivity index (χ0) is 31.5. The van der Waals surface area contributed by atoms with Crippen LogP contribution in [0.15, 0.2) is 182 Å². The van der Waals surface area contributed by atoms with Gasteiger partial charge in [-0.1, -0.05) is 182 Å². The molecule has 1 aliphatic rings. The van der Waals surface area contributed by atoms with E-state index in [1.165, 1.54) is 0 Å². The van der Waals surface area contributed by atoms with E-state index in [0.717, 1.165) is 31.1 Å². The second-order valence-electron chi connectivity index (χ2n) is 11.9. The molecule has 6 aromatic rings. The van der Waals surface area contributed by atoms with Gasteiger partial charge < -0.3 is 16.5 Å². The quantitative estimate of drug-likeness (QED) is 0.245. The molecule has 0 aliphatic carbocycles. The fraction of sp³-hybridized carbons (Fsp3) is 0.0526. The number of benzene rings is 6. The van der Waals surface area contributed by atoms with Gasteiger partial charge in [0.2, 0.25) is 0 Å². The highest BCUT2D eigenvalue weighted by atomic mass is 28.5. The van der Waals surface area contributed by atoms with Crippen LogP contribution < -0.4 is 31.1 Å². The molecule has 1 fully saturated rings. The summed E-state index contributed by atoms with van der Waals surface area (Å²) in [7, 11) is -13.8. The van der Waals surface area contributed by atoms with Gasteiger partial charge in [0.15, 0.2) is 0 Å². The lowest BCUT2D eigenvalue weighted by Crippen LogP contribution is -2.84. The average Bonchev–Trinajstić information content (AvgIpc) is 3.12. The Morgan fingerprint density at radius 1 is 0.261 bits per heavy atom. The van der Waals surface area contributed by atoms with Crippen molar-refractivity contribution >= 4 is 65.4 Å². The van der Waals surface area contributed by atoms with E-state index in [1.54, 1.807) is 0 Å². The molecule has 0 amide bonds. The van der Waals surface area contributed by atoms with Gasteiger partial charge in [-0.3, -0.25) is 0 Å². The van der Waals surface area contributed by atoms with Crippen LogP contribution in [0.3, 0.4) is 0 Å². The Kier molecular flexibility index (Phi) is 8.45. The maximum Gasteiger partial charge on any atom is 0.390 e. The molecule has 0 atom stereocenters. The SMILES string of the molecule is C[Si]1(C)O[Si](c2ccccc2)(c2ccccc2)O[Si](c2ccccc2)(c2ccccc2)O[Si](c2ccccc2)(c2ccccc2)O1. The van der Waals surface area contributed by atoms with Gasteiger partial charge in [-0.2, -0.15) is 0 Å². The summed E-state index contributed by atoms with van der Waals surface area (Å²) in [6, 6.07) is 62.7. The lowest BCUT2D eigenvalue weighted by Gasteiger charge is -2.52. The molecule has 0 radical (unpaired) electrons. The highest BCUT2D eigenvalue weighted by Gasteiger charge is 2.64. The normalized spacial score (nSPS) is 18.1. The largest absolute Gasteiger partial charge is 0.409 e. The zero-order valence-electron chi connectivity index (χ0n) is 26.0. The Balaban J connectivity index is 1.62. The molecule has 0 spiro atoms. The Morgan fingerprint density at radius 3 is 0.630 bits per heavy atom. The van der Waals surface area contributed by atoms with Gasteiger partial charge in [-0.25, -0.2) is 0 Å². The molecule has 7 rings (SSSR count). The van der Waals surface area contributed by atoms with Crippen LogP contribution in [0.2, 0.25) is 13.1 Å². The van der Waals surface area contributed by atoms with Crippen molar-refractivity contribution < 1.29 is 16.5 Å². The molecule has 1 saturated heterocycles. The minimum absolute atomic E-state index is 1.00. The predicted octanol–water partition coefficient (Wildman–Crippen LogP) is 4.54. The highest BCUT2D eigenvalue weighted by Crippen LogP contribution is 2.31. The first-order valence-electron chi connectivity index (χ1n) is 15.6.